The summed E-state index contributed by atoms with van der Waals surface area (Å²) in [5, 5.41) is 24.8. The van der Waals surface area contributed by atoms with E-state index < -0.39 is 0 Å². The van der Waals surface area contributed by atoms with E-state index in [4.69, 9.17) is 9.68 Å². The second-order valence-electron chi connectivity index (χ2n) is 14.5. The number of aryl methyl sites for hydroxylation is 3. The molecule has 8 rings (SSSR count). The van der Waals surface area contributed by atoms with Crippen LogP contribution in [0.1, 0.15) is 38.2 Å². The number of benzene rings is 8. The molecule has 0 heterocycles. The van der Waals surface area contributed by atoms with Gasteiger partial charge in [0.25, 0.3) is 0 Å². The van der Waals surface area contributed by atoms with E-state index in [1.54, 1.807) is 30.3 Å². The van der Waals surface area contributed by atoms with Gasteiger partial charge in [-0.2, -0.15) is 5.11 Å². The number of phenols is 1. The van der Waals surface area contributed by atoms with Gasteiger partial charge in [0, 0.05) is 33.6 Å². The molecular weight excluding hydrogens is 759 g/mol. The molecule has 8 aromatic carbocycles. The van der Waals surface area contributed by atoms with Gasteiger partial charge >= 0.3 is 0 Å². The number of anilines is 4. The molecule has 0 aliphatic rings. The molecule has 9 nitrogen and oxygen atoms in total. The molecule has 0 aromatic heterocycles. The molecule has 0 spiro atoms. The quantitative estimate of drug-likeness (QED) is 0.0331. The van der Waals surface area contributed by atoms with E-state index in [0.717, 1.165) is 57.5 Å². The first kappa shape index (κ1) is 39.8. The Hall–Kier alpha value is -8.04. The van der Waals surface area contributed by atoms with Crippen molar-refractivity contribution in [1.29, 1.82) is 0 Å². The summed E-state index contributed by atoms with van der Waals surface area (Å²) in [7, 11) is 0. The van der Waals surface area contributed by atoms with Crippen molar-refractivity contribution in [3.8, 4) is 5.75 Å². The zero-order valence-electron chi connectivity index (χ0n) is 33.6. The van der Waals surface area contributed by atoms with Crippen molar-refractivity contribution in [3.63, 3.8) is 0 Å². The summed E-state index contributed by atoms with van der Waals surface area (Å²) < 4.78 is 0. The Kier molecular flexibility index (Phi) is 12.5. The Morgan fingerprint density at radius 2 is 1.20 bits per heavy atom. The Morgan fingerprint density at radius 1 is 0.623 bits per heavy atom. The smallest absolute Gasteiger partial charge is 0.245 e. The number of hydrogen-bond acceptors (Lipinski definition) is 9. The van der Waals surface area contributed by atoms with Crippen molar-refractivity contribution in [2.24, 2.45) is 15.4 Å². The molecule has 0 aliphatic carbocycles. The summed E-state index contributed by atoms with van der Waals surface area (Å²) in [6, 6.07) is 61.2. The van der Waals surface area contributed by atoms with Gasteiger partial charge in [0.05, 0.1) is 11.4 Å². The van der Waals surface area contributed by atoms with Gasteiger partial charge < -0.3 is 19.7 Å². The van der Waals surface area contributed by atoms with Gasteiger partial charge in [-0.3, -0.25) is 4.79 Å². The molecule has 8 aromatic rings. The zero-order chi connectivity index (χ0) is 41.8. The molecule has 300 valence electrons. The van der Waals surface area contributed by atoms with Crippen LogP contribution >= 0.6 is 0 Å². The lowest BCUT2D eigenvalue weighted by Gasteiger charge is -2.25. The molecule has 0 unspecified atom stereocenters. The number of phenolic OH excluding ortho intramolecular Hbond substituents is 1. The number of hydrogen-bond donors (Lipinski definition) is 2. The van der Waals surface area contributed by atoms with E-state index >= 15 is 0 Å². The number of fused-ring (bicyclic) bond motifs is 1. The fourth-order valence-corrected chi connectivity index (χ4v) is 6.90. The Labute approximate surface area is 354 Å². The number of carbonyl (C=O) groups is 1. The fourth-order valence-electron chi connectivity index (χ4n) is 6.90. The van der Waals surface area contributed by atoms with Crippen LogP contribution < -0.4 is 10.4 Å². The van der Waals surface area contributed by atoms with Gasteiger partial charge in [0.15, 0.2) is 5.78 Å². The monoisotopic (exact) mass is 801 g/mol. The van der Waals surface area contributed by atoms with Crippen molar-refractivity contribution < 1.29 is 19.6 Å². The largest absolute Gasteiger partial charge is 0.506 e. The lowest BCUT2D eigenvalue weighted by atomic mass is 10.0. The molecule has 9 heteroatoms. The third-order valence-corrected chi connectivity index (χ3v) is 10.2. The minimum atomic E-state index is -0.0626. The second kappa shape index (κ2) is 19.1. The fraction of sp³-hybridized carbons (Fsp3) is 0.0769. The molecule has 0 amide bonds. The van der Waals surface area contributed by atoms with E-state index in [1.807, 2.05) is 79.7 Å². The first-order valence-electron chi connectivity index (χ1n) is 20.0. The maximum atomic E-state index is 12.8. The van der Waals surface area contributed by atoms with Crippen LogP contribution in [0.2, 0.25) is 0 Å². The maximum Gasteiger partial charge on any atom is 0.245 e. The average molecular weight is 802 g/mol. The highest BCUT2D eigenvalue weighted by Crippen LogP contribution is 2.37. The maximum absolute atomic E-state index is 12.8. The van der Waals surface area contributed by atoms with Crippen LogP contribution in [0, 0.1) is 6.92 Å². The molecule has 2 N–H and O–H groups in total. The summed E-state index contributed by atoms with van der Waals surface area (Å²) in [4.78, 5) is 26.0. The van der Waals surface area contributed by atoms with E-state index in [9.17, 15) is 9.90 Å². The minimum Gasteiger partial charge on any atom is -0.506 e. The molecule has 0 bridgehead atoms. The van der Waals surface area contributed by atoms with Crippen molar-refractivity contribution in [2.75, 3.05) is 10.4 Å². The highest BCUT2D eigenvalue weighted by molar-refractivity contribution is 6.09. The van der Waals surface area contributed by atoms with E-state index in [0.29, 0.717) is 22.5 Å². The predicted octanol–water partition coefficient (Wildman–Crippen LogP) is 13.3. The van der Waals surface area contributed by atoms with Gasteiger partial charge in [-0.1, -0.05) is 114 Å². The molecule has 0 fully saturated rings. The predicted molar refractivity (Wildman–Crippen MR) is 244 cm³/mol. The third-order valence-electron chi connectivity index (χ3n) is 10.2. The van der Waals surface area contributed by atoms with Gasteiger partial charge in [0.1, 0.15) is 18.0 Å². The van der Waals surface area contributed by atoms with E-state index in [-0.39, 0.29) is 18.1 Å². The molecule has 0 aliphatic heterocycles. The SMILES string of the molecule is Cc1ccc(C(=O)c2ccc(N=Nc3c(O)ccc4cc(CON=CONc5ccc(CCc6ccc(N(c7ccccc7)c7ccccc7)cc6)cc5)ccc34)cc2)cc1. The number of nitrogens with one attached hydrogen (secondary N) is 1. The van der Waals surface area contributed by atoms with Crippen molar-refractivity contribution in [1.82, 2.24) is 0 Å². The van der Waals surface area contributed by atoms with Crippen molar-refractivity contribution in [3.05, 3.63) is 221 Å². The number of nitrogens with zero attached hydrogens (tertiary/aromatic N) is 4. The minimum absolute atomic E-state index is 0.00661. The van der Waals surface area contributed by atoms with Crippen LogP contribution in [0.3, 0.4) is 0 Å². The topological polar surface area (TPSA) is 108 Å². The Balaban J connectivity index is 0.792. The second-order valence-corrected chi connectivity index (χ2v) is 14.5. The van der Waals surface area contributed by atoms with Gasteiger partial charge in [-0.15, -0.1) is 5.11 Å². The van der Waals surface area contributed by atoms with Crippen LogP contribution in [0.15, 0.2) is 203 Å². The highest BCUT2D eigenvalue weighted by atomic mass is 16.7. The van der Waals surface area contributed by atoms with Crippen LogP contribution in [-0.2, 0) is 29.1 Å². The lowest BCUT2D eigenvalue weighted by Crippen LogP contribution is -2.09. The summed E-state index contributed by atoms with van der Waals surface area (Å²) in [6.07, 6.45) is 3.04. The lowest BCUT2D eigenvalue weighted by molar-refractivity contribution is 0.103. The van der Waals surface area contributed by atoms with E-state index in [2.05, 4.69) is 111 Å². The van der Waals surface area contributed by atoms with Crippen LogP contribution in [-0.4, -0.2) is 17.3 Å². The Morgan fingerprint density at radius 3 is 1.84 bits per heavy atom. The molecule has 0 saturated carbocycles. The van der Waals surface area contributed by atoms with Gasteiger partial charge in [0.2, 0.25) is 6.40 Å². The van der Waals surface area contributed by atoms with Crippen LogP contribution in [0.5, 0.6) is 5.75 Å². The molecule has 0 atom stereocenters. The number of aromatic hydroxyl groups is 1. The molecular formula is C52H43N5O4. The number of carbonyl (C=O) groups excluding carboxylic acids is 1. The molecule has 0 saturated heterocycles. The Bertz CT molecular complexity index is 2720. The highest BCUT2D eigenvalue weighted by Gasteiger charge is 2.13. The number of para-hydroxylation sites is 2. The average Bonchev–Trinajstić information content (AvgIpc) is 3.31. The molecule has 61 heavy (non-hydrogen) atoms. The van der Waals surface area contributed by atoms with Crippen molar-refractivity contribution >= 4 is 57.1 Å². The number of azo groups is 1. The van der Waals surface area contributed by atoms with Gasteiger partial charge in [-0.25, -0.2) is 5.48 Å². The number of oxime groups is 1. The first-order valence-corrected chi connectivity index (χ1v) is 20.0. The third kappa shape index (κ3) is 10.2. The van der Waals surface area contributed by atoms with Crippen LogP contribution in [0.4, 0.5) is 34.1 Å². The summed E-state index contributed by atoms with van der Waals surface area (Å²) in [5.74, 6) is -0.0560. The normalized spacial score (nSPS) is 11.2. The number of ketones is 1. The number of rotatable bonds is 16. The summed E-state index contributed by atoms with van der Waals surface area (Å²) in [6.45, 7) is 2.19. The summed E-state index contributed by atoms with van der Waals surface area (Å²) >= 11 is 0. The standard InChI is InChI=1S/C52H43N5O4/c1-37-12-21-41(22-13-37)52(59)42-23-28-44(29-24-42)54-55-51-49-32-20-40(34-43(49)25-33-50(51)58)35-60-53-36-61-56-45-26-16-38(17-27-45)14-15-39-18-30-48(31-19-39)57(46-8-4-2-5-9-46)47-10-6-3-7-11-47/h2-13,16-34,36,56,58H,14-15,35H2,1H3. The van der Waals surface area contributed by atoms with E-state index in [1.165, 1.54) is 17.5 Å². The zero-order valence-corrected chi connectivity index (χ0v) is 33.6. The van der Waals surface area contributed by atoms with Crippen molar-refractivity contribution in [2.45, 2.75) is 26.4 Å². The van der Waals surface area contributed by atoms with Crippen LogP contribution in [0.25, 0.3) is 10.8 Å². The van der Waals surface area contributed by atoms with Gasteiger partial charge in [-0.05, 0) is 127 Å². The summed E-state index contributed by atoms with van der Waals surface area (Å²) in [5.41, 5.74) is 13.6. The molecule has 0 radical (unpaired) electrons. The first-order chi connectivity index (χ1) is 30.0.